The molecule has 172 valence electrons. The maximum absolute atomic E-state index is 2.37. The summed E-state index contributed by atoms with van der Waals surface area (Å²) in [6.07, 6.45) is 0. The molecule has 0 aliphatic carbocycles. The van der Waals surface area contributed by atoms with Crippen molar-refractivity contribution >= 4 is 54.1 Å². The fourth-order valence-electron chi connectivity index (χ4n) is 6.09. The molecular weight excluding hydrogens is 446 g/mol. The van der Waals surface area contributed by atoms with Crippen LogP contribution in [-0.4, -0.2) is 4.57 Å². The molecule has 0 aliphatic rings. The van der Waals surface area contributed by atoms with Crippen LogP contribution in [-0.2, 0) is 0 Å². The fraction of sp³-hybridized carbons (Fsp3) is 0. The largest absolute Gasteiger partial charge is 0.309 e. The lowest BCUT2D eigenvalue weighted by atomic mass is 9.92. The van der Waals surface area contributed by atoms with Crippen LogP contribution in [0, 0.1) is 0 Å². The molecule has 0 amide bonds. The minimum atomic E-state index is 1.18. The highest BCUT2D eigenvalue weighted by atomic mass is 15.0. The third-order valence-electron chi connectivity index (χ3n) is 7.78. The van der Waals surface area contributed by atoms with E-state index < -0.39 is 0 Å². The first kappa shape index (κ1) is 20.3. The molecule has 37 heavy (non-hydrogen) atoms. The zero-order chi connectivity index (χ0) is 24.3. The van der Waals surface area contributed by atoms with Gasteiger partial charge in [-0.3, -0.25) is 0 Å². The van der Waals surface area contributed by atoms with E-state index in [4.69, 9.17) is 0 Å². The molecule has 0 bridgehead atoms. The molecule has 1 aromatic heterocycles. The van der Waals surface area contributed by atoms with E-state index in [1.54, 1.807) is 0 Å². The van der Waals surface area contributed by atoms with Crippen LogP contribution in [0.1, 0.15) is 0 Å². The first-order valence-corrected chi connectivity index (χ1v) is 12.8. The second kappa shape index (κ2) is 7.81. The average molecular weight is 470 g/mol. The monoisotopic (exact) mass is 469 g/mol. The smallest absolute Gasteiger partial charge is 0.0541 e. The van der Waals surface area contributed by atoms with Crippen LogP contribution in [0.5, 0.6) is 0 Å². The van der Waals surface area contributed by atoms with E-state index >= 15 is 0 Å². The van der Waals surface area contributed by atoms with Gasteiger partial charge in [0.05, 0.1) is 11.0 Å². The zero-order valence-electron chi connectivity index (χ0n) is 20.2. The van der Waals surface area contributed by atoms with Crippen LogP contribution < -0.4 is 0 Å². The summed E-state index contributed by atoms with van der Waals surface area (Å²) in [5, 5.41) is 10.4. The molecule has 0 radical (unpaired) electrons. The summed E-state index contributed by atoms with van der Waals surface area (Å²) < 4.78 is 2.37. The first-order chi connectivity index (χ1) is 18.4. The van der Waals surface area contributed by atoms with Crippen LogP contribution >= 0.6 is 0 Å². The van der Waals surface area contributed by atoms with Gasteiger partial charge in [0.2, 0.25) is 0 Å². The Kier molecular flexibility index (Phi) is 4.29. The molecule has 1 nitrogen and oxygen atoms in total. The SMILES string of the molecule is c1ccc2c(c1)c1ccccc1c1cc(-c3ccc(-n4c5ccccc5c5ccccc54)cc3)ccc21. The van der Waals surface area contributed by atoms with Crippen LogP contribution in [0.25, 0.3) is 70.9 Å². The Balaban J connectivity index is 1.31. The third kappa shape index (κ3) is 2.98. The number of rotatable bonds is 2. The van der Waals surface area contributed by atoms with Gasteiger partial charge in [0.25, 0.3) is 0 Å². The summed E-state index contributed by atoms with van der Waals surface area (Å²) in [6, 6.07) is 50.8. The minimum absolute atomic E-state index is 1.18. The van der Waals surface area contributed by atoms with Gasteiger partial charge in [0.1, 0.15) is 0 Å². The van der Waals surface area contributed by atoms with Crippen LogP contribution in [0.15, 0.2) is 140 Å². The topological polar surface area (TPSA) is 4.93 Å². The summed E-state index contributed by atoms with van der Waals surface area (Å²) in [4.78, 5) is 0. The molecule has 0 saturated carbocycles. The minimum Gasteiger partial charge on any atom is -0.309 e. The molecule has 7 aromatic carbocycles. The lowest BCUT2D eigenvalue weighted by Crippen LogP contribution is -1.93. The zero-order valence-corrected chi connectivity index (χ0v) is 20.2. The molecule has 8 rings (SSSR count). The van der Waals surface area contributed by atoms with Crippen molar-refractivity contribution < 1.29 is 0 Å². The number of benzene rings is 7. The third-order valence-corrected chi connectivity index (χ3v) is 7.78. The highest BCUT2D eigenvalue weighted by molar-refractivity contribution is 6.25. The molecule has 0 spiro atoms. The number of hydrogen-bond donors (Lipinski definition) is 0. The number of fused-ring (bicyclic) bond motifs is 9. The summed E-state index contributed by atoms with van der Waals surface area (Å²) in [7, 11) is 0. The highest BCUT2D eigenvalue weighted by Crippen LogP contribution is 2.37. The molecule has 0 saturated heterocycles. The predicted octanol–water partition coefficient (Wildman–Crippen LogP) is 9.91. The molecule has 0 fully saturated rings. The van der Waals surface area contributed by atoms with Crippen molar-refractivity contribution in [3.8, 4) is 16.8 Å². The van der Waals surface area contributed by atoms with E-state index in [1.165, 1.54) is 70.9 Å². The van der Waals surface area contributed by atoms with Gasteiger partial charge < -0.3 is 4.57 Å². The van der Waals surface area contributed by atoms with Gasteiger partial charge in [0.15, 0.2) is 0 Å². The van der Waals surface area contributed by atoms with E-state index in [1.807, 2.05) is 0 Å². The maximum Gasteiger partial charge on any atom is 0.0541 e. The highest BCUT2D eigenvalue weighted by Gasteiger charge is 2.12. The van der Waals surface area contributed by atoms with Crippen molar-refractivity contribution in [2.24, 2.45) is 0 Å². The van der Waals surface area contributed by atoms with E-state index in [2.05, 4.69) is 144 Å². The molecular formula is C36H23N. The van der Waals surface area contributed by atoms with Gasteiger partial charge in [-0.2, -0.15) is 0 Å². The Hall–Kier alpha value is -4.88. The van der Waals surface area contributed by atoms with Crippen molar-refractivity contribution in [3.05, 3.63) is 140 Å². The quantitative estimate of drug-likeness (QED) is 0.222. The number of nitrogens with zero attached hydrogens (tertiary/aromatic N) is 1. The molecule has 1 heteroatoms. The summed E-state index contributed by atoms with van der Waals surface area (Å²) >= 11 is 0. The first-order valence-electron chi connectivity index (χ1n) is 12.8. The molecule has 0 N–H and O–H groups in total. The lowest BCUT2D eigenvalue weighted by molar-refractivity contribution is 1.18. The number of hydrogen-bond acceptors (Lipinski definition) is 0. The van der Waals surface area contributed by atoms with Crippen LogP contribution in [0.3, 0.4) is 0 Å². The second-order valence-electron chi connectivity index (χ2n) is 9.77. The van der Waals surface area contributed by atoms with E-state index in [9.17, 15) is 0 Å². The van der Waals surface area contributed by atoms with Gasteiger partial charge in [-0.05, 0) is 73.8 Å². The van der Waals surface area contributed by atoms with Crippen molar-refractivity contribution in [1.29, 1.82) is 0 Å². The van der Waals surface area contributed by atoms with Gasteiger partial charge in [-0.15, -0.1) is 0 Å². The number of aromatic nitrogens is 1. The summed E-state index contributed by atoms with van der Waals surface area (Å²) in [6.45, 7) is 0. The van der Waals surface area contributed by atoms with Gasteiger partial charge in [0, 0.05) is 16.5 Å². The average Bonchev–Trinajstić information content (AvgIpc) is 3.32. The molecule has 0 unspecified atom stereocenters. The van der Waals surface area contributed by atoms with Crippen LogP contribution in [0.4, 0.5) is 0 Å². The van der Waals surface area contributed by atoms with Gasteiger partial charge >= 0.3 is 0 Å². The van der Waals surface area contributed by atoms with Crippen LogP contribution in [0.2, 0.25) is 0 Å². The van der Waals surface area contributed by atoms with Crippen molar-refractivity contribution in [1.82, 2.24) is 4.57 Å². The van der Waals surface area contributed by atoms with E-state index in [0.717, 1.165) is 0 Å². The molecule has 0 atom stereocenters. The van der Waals surface area contributed by atoms with Crippen molar-refractivity contribution in [2.45, 2.75) is 0 Å². The Labute approximate surface area is 214 Å². The van der Waals surface area contributed by atoms with Crippen molar-refractivity contribution in [3.63, 3.8) is 0 Å². The van der Waals surface area contributed by atoms with Crippen molar-refractivity contribution in [2.75, 3.05) is 0 Å². The lowest BCUT2D eigenvalue weighted by Gasteiger charge is -2.13. The summed E-state index contributed by atoms with van der Waals surface area (Å²) in [5.41, 5.74) is 6.12. The van der Waals surface area contributed by atoms with Gasteiger partial charge in [-0.1, -0.05) is 109 Å². The van der Waals surface area contributed by atoms with Gasteiger partial charge in [-0.25, -0.2) is 0 Å². The number of para-hydroxylation sites is 2. The standard InChI is InChI=1S/C36H23N/c1-2-11-29-27(9-1)28-10-3-4-12-30(28)34-23-25(19-22-31(29)34)24-17-20-26(21-18-24)37-35-15-7-5-13-32(35)33-14-6-8-16-36(33)37/h1-23H. The Morgan fingerprint density at radius 2 is 0.703 bits per heavy atom. The Morgan fingerprint density at radius 1 is 0.297 bits per heavy atom. The molecule has 0 aliphatic heterocycles. The summed E-state index contributed by atoms with van der Waals surface area (Å²) in [5.74, 6) is 0. The van der Waals surface area contributed by atoms with E-state index in [0.29, 0.717) is 0 Å². The molecule has 8 aromatic rings. The Bertz CT molecular complexity index is 2040. The van der Waals surface area contributed by atoms with E-state index in [-0.39, 0.29) is 0 Å². The predicted molar refractivity (Wildman–Crippen MR) is 159 cm³/mol. The second-order valence-corrected chi connectivity index (χ2v) is 9.77. The fourth-order valence-corrected chi connectivity index (χ4v) is 6.09. The normalized spacial score (nSPS) is 11.8. The molecule has 1 heterocycles. The Morgan fingerprint density at radius 3 is 1.24 bits per heavy atom. The maximum atomic E-state index is 2.37.